The summed E-state index contributed by atoms with van der Waals surface area (Å²) in [5.41, 5.74) is 1.70. The summed E-state index contributed by atoms with van der Waals surface area (Å²) in [6.45, 7) is 18.0. The molecule has 0 aromatic rings. The van der Waals surface area contributed by atoms with E-state index in [1.165, 1.54) is 37.7 Å². The van der Waals surface area contributed by atoms with Gasteiger partial charge in [0.1, 0.15) is 0 Å². The molecule has 96 valence electrons. The highest BCUT2D eigenvalue weighted by Crippen LogP contribution is 2.29. The molecule has 0 fully saturated rings. The highest BCUT2D eigenvalue weighted by Gasteiger charge is 2.15. The first-order chi connectivity index (χ1) is 7.29. The Balaban J connectivity index is 3.72. The lowest BCUT2D eigenvalue weighted by Crippen LogP contribution is -2.09. The average Bonchev–Trinajstić information content (AvgIpc) is 2.15. The molecule has 1 unspecified atom stereocenters. The first-order valence-corrected chi connectivity index (χ1v) is 6.97. The van der Waals surface area contributed by atoms with Crippen molar-refractivity contribution in [3.05, 3.63) is 12.2 Å². The predicted octanol–water partition coefficient (Wildman–Crippen LogP) is 5.83. The van der Waals surface area contributed by atoms with Gasteiger partial charge in [-0.15, -0.1) is 0 Å². The van der Waals surface area contributed by atoms with E-state index in [1.807, 2.05) is 0 Å². The van der Waals surface area contributed by atoms with Crippen LogP contribution in [0.4, 0.5) is 0 Å². The normalized spacial score (nSPS) is 14.2. The monoisotopic (exact) mass is 224 g/mol. The van der Waals surface area contributed by atoms with Gasteiger partial charge in [0.05, 0.1) is 0 Å². The molecule has 16 heavy (non-hydrogen) atoms. The Labute approximate surface area is 104 Å². The molecule has 0 rings (SSSR count). The molecule has 0 radical (unpaired) electrons. The highest BCUT2D eigenvalue weighted by atomic mass is 14.2. The minimum absolute atomic E-state index is 0.294. The van der Waals surface area contributed by atoms with Crippen molar-refractivity contribution in [3.63, 3.8) is 0 Å². The second-order valence-electron chi connectivity index (χ2n) is 6.51. The second kappa shape index (κ2) is 7.14. The third-order valence-electron chi connectivity index (χ3n) is 3.83. The fourth-order valence-electron chi connectivity index (χ4n) is 2.13. The average molecular weight is 224 g/mol. The molecule has 0 nitrogen and oxygen atoms in total. The van der Waals surface area contributed by atoms with Gasteiger partial charge >= 0.3 is 0 Å². The molecule has 1 atom stereocenters. The lowest BCUT2D eigenvalue weighted by Gasteiger charge is -2.23. The molecule has 0 bridgehead atoms. The molecule has 0 aliphatic carbocycles. The number of hydrogen-bond acceptors (Lipinski definition) is 0. The molecule has 0 N–H and O–H groups in total. The van der Waals surface area contributed by atoms with Crippen molar-refractivity contribution in [2.75, 3.05) is 0 Å². The molecule has 0 heterocycles. The fourth-order valence-corrected chi connectivity index (χ4v) is 2.13. The van der Waals surface area contributed by atoms with E-state index in [2.05, 4.69) is 48.1 Å². The van der Waals surface area contributed by atoms with Crippen LogP contribution in [-0.2, 0) is 0 Å². The summed E-state index contributed by atoms with van der Waals surface area (Å²) in [7, 11) is 0. The van der Waals surface area contributed by atoms with Crippen molar-refractivity contribution < 1.29 is 0 Å². The van der Waals surface area contributed by atoms with E-state index in [4.69, 9.17) is 0 Å². The molecular weight excluding hydrogens is 192 g/mol. The minimum Gasteiger partial charge on any atom is -0.0993 e. The molecule has 0 aliphatic heterocycles. The van der Waals surface area contributed by atoms with Crippen LogP contribution in [0.5, 0.6) is 0 Å². The largest absolute Gasteiger partial charge is 0.0993 e. The van der Waals surface area contributed by atoms with E-state index in [1.54, 1.807) is 0 Å². The van der Waals surface area contributed by atoms with Gasteiger partial charge in [-0.25, -0.2) is 0 Å². The Morgan fingerprint density at radius 1 is 1.12 bits per heavy atom. The van der Waals surface area contributed by atoms with Gasteiger partial charge in [0.25, 0.3) is 0 Å². The second-order valence-corrected chi connectivity index (χ2v) is 6.51. The van der Waals surface area contributed by atoms with Crippen molar-refractivity contribution in [2.24, 2.45) is 17.3 Å². The first-order valence-electron chi connectivity index (χ1n) is 6.97. The zero-order valence-corrected chi connectivity index (χ0v) is 12.4. The summed E-state index contributed by atoms with van der Waals surface area (Å²) in [4.78, 5) is 0. The van der Waals surface area contributed by atoms with Crippen LogP contribution in [0.3, 0.4) is 0 Å². The van der Waals surface area contributed by atoms with Crippen molar-refractivity contribution in [1.82, 2.24) is 0 Å². The Morgan fingerprint density at radius 2 is 1.69 bits per heavy atom. The third kappa shape index (κ3) is 6.35. The predicted molar refractivity (Wildman–Crippen MR) is 75.7 cm³/mol. The maximum Gasteiger partial charge on any atom is -0.0176 e. The first kappa shape index (κ1) is 15.7. The number of rotatable bonds is 7. The Bertz CT molecular complexity index is 193. The molecule has 0 aliphatic rings. The lowest BCUT2D eigenvalue weighted by molar-refractivity contribution is 0.335. The molecule has 0 spiro atoms. The summed E-state index contributed by atoms with van der Waals surface area (Å²) in [5, 5.41) is 0. The van der Waals surface area contributed by atoms with Crippen LogP contribution in [0.15, 0.2) is 12.2 Å². The molecule has 0 aromatic heterocycles. The lowest BCUT2D eigenvalue weighted by atomic mass is 9.83. The van der Waals surface area contributed by atoms with Crippen LogP contribution >= 0.6 is 0 Å². The molecule has 0 amide bonds. The van der Waals surface area contributed by atoms with E-state index >= 15 is 0 Å². The van der Waals surface area contributed by atoms with Crippen molar-refractivity contribution in [3.8, 4) is 0 Å². The quantitative estimate of drug-likeness (QED) is 0.377. The van der Waals surface area contributed by atoms with Gasteiger partial charge in [0.15, 0.2) is 0 Å². The van der Waals surface area contributed by atoms with E-state index in [0.29, 0.717) is 5.41 Å². The summed E-state index contributed by atoms with van der Waals surface area (Å²) in [5.74, 6) is 1.76. The maximum absolute atomic E-state index is 4.20. The summed E-state index contributed by atoms with van der Waals surface area (Å²) in [6.07, 6.45) is 6.62. The molecule has 0 saturated carbocycles. The van der Waals surface area contributed by atoms with Crippen LogP contribution in [0.1, 0.15) is 73.6 Å². The van der Waals surface area contributed by atoms with Gasteiger partial charge in [-0.05, 0) is 30.1 Å². The van der Waals surface area contributed by atoms with Crippen LogP contribution in [0.2, 0.25) is 0 Å². The smallest absolute Gasteiger partial charge is 0.0176 e. The summed E-state index contributed by atoms with van der Waals surface area (Å²) in [6, 6.07) is 0. The van der Waals surface area contributed by atoms with Gasteiger partial charge in [0.2, 0.25) is 0 Å². The number of unbranched alkanes of at least 4 members (excludes halogenated alkanes) is 1. The Hall–Kier alpha value is -0.260. The fraction of sp³-hybridized carbons (Fsp3) is 0.875. The summed E-state index contributed by atoms with van der Waals surface area (Å²) >= 11 is 0. The third-order valence-corrected chi connectivity index (χ3v) is 3.83. The van der Waals surface area contributed by atoms with Gasteiger partial charge in [-0.1, -0.05) is 73.0 Å². The van der Waals surface area contributed by atoms with Crippen LogP contribution in [-0.4, -0.2) is 0 Å². The van der Waals surface area contributed by atoms with Crippen molar-refractivity contribution >= 4 is 0 Å². The van der Waals surface area contributed by atoms with E-state index in [0.717, 1.165) is 11.8 Å². The zero-order chi connectivity index (χ0) is 12.8. The van der Waals surface area contributed by atoms with Crippen LogP contribution in [0, 0.1) is 17.3 Å². The van der Waals surface area contributed by atoms with E-state index in [-0.39, 0.29) is 0 Å². The maximum atomic E-state index is 4.20. The van der Waals surface area contributed by atoms with E-state index < -0.39 is 0 Å². The van der Waals surface area contributed by atoms with Gasteiger partial charge in [-0.2, -0.15) is 0 Å². The van der Waals surface area contributed by atoms with Gasteiger partial charge < -0.3 is 0 Å². The Morgan fingerprint density at radius 3 is 2.06 bits per heavy atom. The minimum atomic E-state index is 0.294. The highest BCUT2D eigenvalue weighted by molar-refractivity contribution is 5.04. The van der Waals surface area contributed by atoms with Crippen LogP contribution in [0.25, 0.3) is 0 Å². The number of allylic oxidation sites excluding steroid dienone is 1. The van der Waals surface area contributed by atoms with Gasteiger partial charge in [-0.3, -0.25) is 0 Å². The topological polar surface area (TPSA) is 0 Å². The van der Waals surface area contributed by atoms with Gasteiger partial charge in [0, 0.05) is 0 Å². The summed E-state index contributed by atoms with van der Waals surface area (Å²) < 4.78 is 0. The van der Waals surface area contributed by atoms with E-state index in [9.17, 15) is 0 Å². The Kier molecular flexibility index (Phi) is 7.03. The zero-order valence-electron chi connectivity index (χ0n) is 12.4. The molecule has 0 aromatic carbocycles. The molecular formula is C16H32. The van der Waals surface area contributed by atoms with Crippen LogP contribution < -0.4 is 0 Å². The SMILES string of the molecule is C=C(CCCCC(CC)C(C)C)C(C)(C)C. The standard InChI is InChI=1S/C16H32/c1-8-15(13(2)3)12-10-9-11-14(4)16(5,6)7/h13,15H,4,8-12H2,1-3,5-7H3. The number of hydrogen-bond donors (Lipinski definition) is 0. The van der Waals surface area contributed by atoms with Crippen molar-refractivity contribution in [2.45, 2.75) is 73.6 Å². The molecule has 0 saturated heterocycles. The molecule has 0 heteroatoms. The van der Waals surface area contributed by atoms with Crippen molar-refractivity contribution in [1.29, 1.82) is 0 Å².